The SMILES string of the molecule is Cc1c(N)nc(C(C)C)nc1NC1CCC(=O)NC1. The molecule has 4 N–H and O–H groups in total. The van der Waals surface area contributed by atoms with Gasteiger partial charge in [0.15, 0.2) is 0 Å². The molecule has 1 aromatic rings. The summed E-state index contributed by atoms with van der Waals surface area (Å²) < 4.78 is 0. The fourth-order valence-corrected chi connectivity index (χ4v) is 2.00. The van der Waals surface area contributed by atoms with Crippen molar-refractivity contribution in [1.82, 2.24) is 15.3 Å². The molecule has 0 saturated carbocycles. The second-order valence-corrected chi connectivity index (χ2v) is 5.28. The number of aromatic nitrogens is 2. The van der Waals surface area contributed by atoms with Crippen LogP contribution in [-0.4, -0.2) is 28.5 Å². The van der Waals surface area contributed by atoms with Crippen LogP contribution in [-0.2, 0) is 4.79 Å². The van der Waals surface area contributed by atoms with E-state index in [1.54, 1.807) is 0 Å². The zero-order valence-corrected chi connectivity index (χ0v) is 11.7. The van der Waals surface area contributed by atoms with E-state index in [0.717, 1.165) is 23.6 Å². The molecule has 1 aliphatic heterocycles. The van der Waals surface area contributed by atoms with Gasteiger partial charge in [-0.25, -0.2) is 9.97 Å². The van der Waals surface area contributed by atoms with Gasteiger partial charge in [-0.05, 0) is 13.3 Å². The third-order valence-electron chi connectivity index (χ3n) is 3.32. The van der Waals surface area contributed by atoms with Crippen LogP contribution in [0, 0.1) is 6.92 Å². The van der Waals surface area contributed by atoms with E-state index < -0.39 is 0 Å². The topological polar surface area (TPSA) is 92.9 Å². The molecule has 0 aromatic carbocycles. The van der Waals surface area contributed by atoms with Crippen LogP contribution in [0.2, 0.25) is 0 Å². The van der Waals surface area contributed by atoms with E-state index in [-0.39, 0.29) is 17.9 Å². The molecule has 1 aliphatic rings. The highest BCUT2D eigenvalue weighted by Crippen LogP contribution is 2.22. The first-order chi connectivity index (χ1) is 8.97. The zero-order valence-electron chi connectivity index (χ0n) is 11.7. The van der Waals surface area contributed by atoms with Gasteiger partial charge in [-0.1, -0.05) is 13.8 Å². The van der Waals surface area contributed by atoms with Gasteiger partial charge in [0.1, 0.15) is 17.5 Å². The zero-order chi connectivity index (χ0) is 14.0. The van der Waals surface area contributed by atoms with Gasteiger partial charge >= 0.3 is 0 Å². The Labute approximate surface area is 113 Å². The van der Waals surface area contributed by atoms with Crippen molar-refractivity contribution in [3.8, 4) is 0 Å². The number of nitrogen functional groups attached to an aromatic ring is 1. The van der Waals surface area contributed by atoms with Crippen LogP contribution in [0.3, 0.4) is 0 Å². The molecule has 104 valence electrons. The highest BCUT2D eigenvalue weighted by Gasteiger charge is 2.20. The molecule has 6 heteroatoms. The van der Waals surface area contributed by atoms with Gasteiger partial charge in [0.25, 0.3) is 0 Å². The maximum absolute atomic E-state index is 11.1. The number of amides is 1. The van der Waals surface area contributed by atoms with E-state index in [1.165, 1.54) is 0 Å². The first-order valence-corrected chi connectivity index (χ1v) is 6.64. The lowest BCUT2D eigenvalue weighted by Gasteiger charge is -2.25. The second kappa shape index (κ2) is 5.42. The lowest BCUT2D eigenvalue weighted by atomic mass is 10.1. The van der Waals surface area contributed by atoms with Gasteiger partial charge in [0, 0.05) is 30.5 Å². The maximum atomic E-state index is 11.1. The summed E-state index contributed by atoms with van der Waals surface area (Å²) >= 11 is 0. The fraction of sp³-hybridized carbons (Fsp3) is 0.615. The number of rotatable bonds is 3. The third-order valence-corrected chi connectivity index (χ3v) is 3.32. The van der Waals surface area contributed by atoms with Crippen molar-refractivity contribution in [2.75, 3.05) is 17.6 Å². The van der Waals surface area contributed by atoms with Crippen molar-refractivity contribution < 1.29 is 4.79 Å². The van der Waals surface area contributed by atoms with Crippen molar-refractivity contribution in [1.29, 1.82) is 0 Å². The Morgan fingerprint density at radius 3 is 2.74 bits per heavy atom. The predicted octanol–water partition coefficient (Wildman–Crippen LogP) is 1.18. The lowest BCUT2D eigenvalue weighted by molar-refractivity contribution is -0.122. The van der Waals surface area contributed by atoms with Crippen LogP contribution >= 0.6 is 0 Å². The monoisotopic (exact) mass is 263 g/mol. The van der Waals surface area contributed by atoms with E-state index >= 15 is 0 Å². The van der Waals surface area contributed by atoms with Gasteiger partial charge < -0.3 is 16.4 Å². The van der Waals surface area contributed by atoms with Crippen LogP contribution in [0.1, 0.15) is 44.0 Å². The molecule has 19 heavy (non-hydrogen) atoms. The summed E-state index contributed by atoms with van der Waals surface area (Å²) in [4.78, 5) is 20.0. The van der Waals surface area contributed by atoms with E-state index in [9.17, 15) is 4.79 Å². The van der Waals surface area contributed by atoms with Crippen molar-refractivity contribution in [3.63, 3.8) is 0 Å². The van der Waals surface area contributed by atoms with Crippen LogP contribution in [0.5, 0.6) is 0 Å². The number of hydrogen-bond acceptors (Lipinski definition) is 5. The van der Waals surface area contributed by atoms with Crippen molar-refractivity contribution >= 4 is 17.5 Å². The quantitative estimate of drug-likeness (QED) is 0.761. The van der Waals surface area contributed by atoms with Crippen LogP contribution in [0.25, 0.3) is 0 Å². The molecule has 1 unspecified atom stereocenters. The Morgan fingerprint density at radius 1 is 1.42 bits per heavy atom. The standard InChI is InChI=1S/C13H21N5O/c1-7(2)12-17-11(14)8(3)13(18-12)16-9-4-5-10(19)15-6-9/h7,9H,4-6H2,1-3H3,(H,15,19)(H3,14,16,17,18). The summed E-state index contributed by atoms with van der Waals surface area (Å²) in [6.07, 6.45) is 1.36. The van der Waals surface area contributed by atoms with Crippen molar-refractivity contribution in [3.05, 3.63) is 11.4 Å². The minimum Gasteiger partial charge on any atom is -0.383 e. The van der Waals surface area contributed by atoms with Crippen LogP contribution in [0.15, 0.2) is 0 Å². The van der Waals surface area contributed by atoms with E-state index in [0.29, 0.717) is 18.8 Å². The van der Waals surface area contributed by atoms with Gasteiger partial charge in [-0.15, -0.1) is 0 Å². The summed E-state index contributed by atoms with van der Waals surface area (Å²) in [7, 11) is 0. The smallest absolute Gasteiger partial charge is 0.220 e. The molecule has 1 amide bonds. The minimum absolute atomic E-state index is 0.111. The molecule has 0 aliphatic carbocycles. The van der Waals surface area contributed by atoms with Gasteiger partial charge in [0.05, 0.1) is 0 Å². The Morgan fingerprint density at radius 2 is 2.16 bits per heavy atom. The first-order valence-electron chi connectivity index (χ1n) is 6.64. The maximum Gasteiger partial charge on any atom is 0.220 e. The summed E-state index contributed by atoms with van der Waals surface area (Å²) in [6, 6.07) is 0.200. The van der Waals surface area contributed by atoms with Crippen molar-refractivity contribution in [2.24, 2.45) is 0 Å². The molecule has 0 spiro atoms. The largest absolute Gasteiger partial charge is 0.383 e. The Kier molecular flexibility index (Phi) is 3.87. The predicted molar refractivity (Wildman–Crippen MR) is 74.9 cm³/mol. The van der Waals surface area contributed by atoms with Gasteiger partial charge in [-0.2, -0.15) is 0 Å². The molecule has 2 heterocycles. The second-order valence-electron chi connectivity index (χ2n) is 5.28. The van der Waals surface area contributed by atoms with Gasteiger partial charge in [0.2, 0.25) is 5.91 Å². The molecule has 1 aromatic heterocycles. The number of hydrogen-bond donors (Lipinski definition) is 3. The highest BCUT2D eigenvalue weighted by atomic mass is 16.1. The van der Waals surface area contributed by atoms with E-state index in [4.69, 9.17) is 5.73 Å². The average Bonchev–Trinajstić information content (AvgIpc) is 2.37. The summed E-state index contributed by atoms with van der Waals surface area (Å²) in [6.45, 7) is 6.60. The third kappa shape index (κ3) is 3.13. The summed E-state index contributed by atoms with van der Waals surface area (Å²) in [5, 5.41) is 6.21. The highest BCUT2D eigenvalue weighted by molar-refractivity contribution is 5.77. The Hall–Kier alpha value is -1.85. The number of nitrogens with zero attached hydrogens (tertiary/aromatic N) is 2. The molecule has 1 fully saturated rings. The number of carbonyl (C=O) groups excluding carboxylic acids is 1. The number of nitrogens with two attached hydrogens (primary N) is 1. The number of nitrogens with one attached hydrogen (secondary N) is 2. The first kappa shape index (κ1) is 13.6. The van der Waals surface area contributed by atoms with E-state index in [2.05, 4.69) is 20.6 Å². The summed E-state index contributed by atoms with van der Waals surface area (Å²) in [5.74, 6) is 2.37. The molecule has 2 rings (SSSR count). The Bertz CT molecular complexity index is 476. The number of carbonyl (C=O) groups is 1. The Balaban J connectivity index is 2.17. The molecule has 0 radical (unpaired) electrons. The molecule has 1 saturated heterocycles. The molecular formula is C13H21N5O. The lowest BCUT2D eigenvalue weighted by Crippen LogP contribution is -2.42. The van der Waals surface area contributed by atoms with Crippen LogP contribution in [0.4, 0.5) is 11.6 Å². The number of piperidine rings is 1. The van der Waals surface area contributed by atoms with Crippen molar-refractivity contribution in [2.45, 2.75) is 45.6 Å². The fourth-order valence-electron chi connectivity index (χ4n) is 2.00. The normalized spacial score (nSPS) is 19.4. The molecule has 1 atom stereocenters. The van der Waals surface area contributed by atoms with Gasteiger partial charge in [-0.3, -0.25) is 4.79 Å². The molecule has 0 bridgehead atoms. The minimum atomic E-state index is 0.111. The summed E-state index contributed by atoms with van der Waals surface area (Å²) in [5.41, 5.74) is 6.79. The number of anilines is 2. The molecular weight excluding hydrogens is 242 g/mol. The van der Waals surface area contributed by atoms with E-state index in [1.807, 2.05) is 20.8 Å². The molecule has 6 nitrogen and oxygen atoms in total. The average molecular weight is 263 g/mol. The van der Waals surface area contributed by atoms with Crippen LogP contribution < -0.4 is 16.4 Å².